The van der Waals surface area contributed by atoms with Crippen molar-refractivity contribution in [1.29, 1.82) is 0 Å². The second-order valence-electron chi connectivity index (χ2n) is 6.93. The molecule has 1 unspecified atom stereocenters. The van der Waals surface area contributed by atoms with E-state index in [0.29, 0.717) is 16.4 Å². The maximum atomic E-state index is 12.4. The maximum absolute atomic E-state index is 12.4. The number of amides is 2. The van der Waals surface area contributed by atoms with Crippen molar-refractivity contribution < 1.29 is 9.59 Å². The van der Waals surface area contributed by atoms with E-state index in [-0.39, 0.29) is 11.7 Å². The van der Waals surface area contributed by atoms with Crippen LogP contribution in [0.5, 0.6) is 0 Å². The maximum Gasteiger partial charge on any atom is 0.248 e. The second kappa shape index (κ2) is 8.96. The number of amidine groups is 1. The molecule has 0 saturated heterocycles. The van der Waals surface area contributed by atoms with Crippen LogP contribution in [0, 0.1) is 13.8 Å². The Hall–Kier alpha value is -3.06. The number of hydrogen-bond donors (Lipinski definition) is 3. The van der Waals surface area contributed by atoms with Crippen LogP contribution in [0.4, 0.5) is 5.69 Å². The highest BCUT2D eigenvalue weighted by Crippen LogP contribution is 2.31. The fraction of sp³-hybridized carbons (Fsp3) is 0.227. The molecule has 0 bridgehead atoms. The van der Waals surface area contributed by atoms with Gasteiger partial charge in [-0.25, -0.2) is 4.99 Å². The van der Waals surface area contributed by atoms with E-state index in [2.05, 4.69) is 15.6 Å². The molecule has 7 heteroatoms. The molecule has 0 saturated carbocycles. The lowest BCUT2D eigenvalue weighted by Gasteiger charge is -2.25. The number of nitrogens with one attached hydrogen (secondary N) is 2. The van der Waals surface area contributed by atoms with Gasteiger partial charge in [0.15, 0.2) is 5.17 Å². The average Bonchev–Trinajstić information content (AvgIpc) is 2.68. The number of allylic oxidation sites excluding steroid dienone is 1. The molecular weight excluding hydrogens is 384 g/mol. The number of hydrogen-bond acceptors (Lipinski definition) is 5. The average molecular weight is 409 g/mol. The molecule has 150 valence electrons. The number of aliphatic imine (C=N–C) groups is 1. The van der Waals surface area contributed by atoms with E-state index in [9.17, 15) is 9.59 Å². The zero-order valence-corrected chi connectivity index (χ0v) is 17.5. The number of primary amides is 1. The molecule has 29 heavy (non-hydrogen) atoms. The first kappa shape index (κ1) is 20.7. The first-order valence-electron chi connectivity index (χ1n) is 9.25. The fourth-order valence-electron chi connectivity index (χ4n) is 3.19. The van der Waals surface area contributed by atoms with Crippen molar-refractivity contribution in [2.75, 3.05) is 11.1 Å². The first-order valence-corrected chi connectivity index (χ1v) is 10.2. The third kappa shape index (κ3) is 5.06. The van der Waals surface area contributed by atoms with E-state index in [1.54, 1.807) is 6.92 Å². The third-order valence-electron chi connectivity index (χ3n) is 4.59. The van der Waals surface area contributed by atoms with Crippen LogP contribution in [0.15, 0.2) is 64.8 Å². The van der Waals surface area contributed by atoms with E-state index in [1.807, 2.05) is 62.4 Å². The summed E-state index contributed by atoms with van der Waals surface area (Å²) in [5.74, 6) is -0.436. The van der Waals surface area contributed by atoms with Crippen LogP contribution in [0.25, 0.3) is 0 Å². The molecule has 0 radical (unpaired) electrons. The molecule has 2 aromatic rings. The number of benzene rings is 2. The molecule has 4 N–H and O–H groups in total. The fourth-order valence-corrected chi connectivity index (χ4v) is 3.94. The van der Waals surface area contributed by atoms with Gasteiger partial charge in [-0.05, 0) is 38.0 Å². The van der Waals surface area contributed by atoms with Crippen molar-refractivity contribution in [2.45, 2.75) is 26.8 Å². The third-order valence-corrected chi connectivity index (χ3v) is 5.48. The topological polar surface area (TPSA) is 96.6 Å². The summed E-state index contributed by atoms with van der Waals surface area (Å²) < 4.78 is 0. The van der Waals surface area contributed by atoms with Crippen molar-refractivity contribution in [3.8, 4) is 0 Å². The first-order chi connectivity index (χ1) is 13.8. The minimum atomic E-state index is -0.510. The Morgan fingerprint density at radius 2 is 1.86 bits per heavy atom. The summed E-state index contributed by atoms with van der Waals surface area (Å²) in [5, 5.41) is 6.61. The summed E-state index contributed by atoms with van der Waals surface area (Å²) in [6.45, 7) is 5.77. The van der Waals surface area contributed by atoms with Gasteiger partial charge in [-0.3, -0.25) is 9.59 Å². The molecular formula is C22H24N4O2S. The summed E-state index contributed by atoms with van der Waals surface area (Å²) in [7, 11) is 0. The Kier molecular flexibility index (Phi) is 6.39. The van der Waals surface area contributed by atoms with E-state index < -0.39 is 11.9 Å². The Morgan fingerprint density at radius 3 is 2.52 bits per heavy atom. The number of anilines is 1. The van der Waals surface area contributed by atoms with Crippen LogP contribution in [-0.2, 0) is 9.59 Å². The lowest BCUT2D eigenvalue weighted by molar-refractivity contribution is -0.115. The Balaban J connectivity index is 1.72. The molecule has 1 aliphatic heterocycles. The second-order valence-corrected chi connectivity index (χ2v) is 7.89. The van der Waals surface area contributed by atoms with E-state index in [1.165, 1.54) is 11.8 Å². The lowest BCUT2D eigenvalue weighted by Crippen LogP contribution is -2.33. The van der Waals surface area contributed by atoms with Crippen molar-refractivity contribution in [3.05, 3.63) is 76.5 Å². The van der Waals surface area contributed by atoms with Gasteiger partial charge in [0, 0.05) is 11.4 Å². The van der Waals surface area contributed by atoms with Crippen LogP contribution in [0.3, 0.4) is 0 Å². The van der Waals surface area contributed by atoms with Gasteiger partial charge in [-0.2, -0.15) is 0 Å². The molecule has 6 nitrogen and oxygen atoms in total. The smallest absolute Gasteiger partial charge is 0.248 e. The summed E-state index contributed by atoms with van der Waals surface area (Å²) in [4.78, 5) is 29.0. The predicted molar refractivity (Wildman–Crippen MR) is 119 cm³/mol. The quantitative estimate of drug-likeness (QED) is 0.706. The molecule has 2 amide bonds. The van der Waals surface area contributed by atoms with E-state index in [0.717, 1.165) is 22.4 Å². The lowest BCUT2D eigenvalue weighted by atomic mass is 9.96. The number of rotatable bonds is 5. The zero-order chi connectivity index (χ0) is 21.0. The highest BCUT2D eigenvalue weighted by molar-refractivity contribution is 8.14. The van der Waals surface area contributed by atoms with Crippen molar-refractivity contribution >= 4 is 34.4 Å². The molecule has 1 heterocycles. The van der Waals surface area contributed by atoms with E-state index in [4.69, 9.17) is 5.73 Å². The summed E-state index contributed by atoms with van der Waals surface area (Å²) in [6.07, 6.45) is 0. The predicted octanol–water partition coefficient (Wildman–Crippen LogP) is 3.43. The number of nitrogens with two attached hydrogens (primary N) is 1. The summed E-state index contributed by atoms with van der Waals surface area (Å²) >= 11 is 1.29. The Labute approximate surface area is 174 Å². The molecule has 3 rings (SSSR count). The number of nitrogens with zero attached hydrogens (tertiary/aromatic N) is 1. The van der Waals surface area contributed by atoms with Crippen molar-refractivity contribution in [3.63, 3.8) is 0 Å². The number of thioether (sulfide) groups is 1. The summed E-state index contributed by atoms with van der Waals surface area (Å²) in [5.41, 5.74) is 10.5. The van der Waals surface area contributed by atoms with Crippen LogP contribution in [0.1, 0.15) is 29.7 Å². The largest absolute Gasteiger partial charge is 0.366 e. The molecule has 1 aliphatic rings. The minimum absolute atomic E-state index is 0.120. The van der Waals surface area contributed by atoms with Gasteiger partial charge in [0.05, 0.1) is 11.3 Å². The van der Waals surface area contributed by atoms with Crippen LogP contribution in [-0.4, -0.2) is 22.7 Å². The molecule has 0 spiro atoms. The van der Waals surface area contributed by atoms with Gasteiger partial charge in [-0.1, -0.05) is 59.8 Å². The zero-order valence-electron chi connectivity index (χ0n) is 16.7. The standard InChI is InChI=1S/C22H24N4O2S/c1-13-9-10-17(14(2)11-13)25-18(27)12-29-22-24-15(3)19(21(23)28)20(26-22)16-7-5-4-6-8-16/h4-11,20H,12H2,1-3H3,(H2,23,28)(H,24,26)(H,25,27). The Bertz CT molecular complexity index is 999. The number of aryl methyl sites for hydroxylation is 2. The van der Waals surface area contributed by atoms with Crippen LogP contribution in [0.2, 0.25) is 0 Å². The Morgan fingerprint density at radius 1 is 1.14 bits per heavy atom. The van der Waals surface area contributed by atoms with Crippen LogP contribution < -0.4 is 16.4 Å². The molecule has 1 atom stereocenters. The highest BCUT2D eigenvalue weighted by Gasteiger charge is 2.28. The van der Waals surface area contributed by atoms with Gasteiger partial charge in [0.25, 0.3) is 0 Å². The van der Waals surface area contributed by atoms with Crippen LogP contribution >= 0.6 is 11.8 Å². The molecule has 0 aromatic heterocycles. The normalized spacial score (nSPS) is 16.1. The highest BCUT2D eigenvalue weighted by atomic mass is 32.2. The van der Waals surface area contributed by atoms with Crippen molar-refractivity contribution in [2.24, 2.45) is 10.7 Å². The number of carbonyl (C=O) groups is 2. The SMILES string of the molecule is CC1=C(C(N)=O)C(c2ccccc2)N=C(SCC(=O)Nc2ccc(C)cc2C)N1. The number of carbonyl (C=O) groups excluding carboxylic acids is 2. The van der Waals surface area contributed by atoms with Gasteiger partial charge in [0.2, 0.25) is 11.8 Å². The monoisotopic (exact) mass is 408 g/mol. The van der Waals surface area contributed by atoms with E-state index >= 15 is 0 Å². The van der Waals surface area contributed by atoms with Gasteiger partial charge >= 0.3 is 0 Å². The molecule has 0 aliphatic carbocycles. The molecule has 0 fully saturated rings. The van der Waals surface area contributed by atoms with Gasteiger partial charge in [-0.15, -0.1) is 0 Å². The molecule has 2 aromatic carbocycles. The van der Waals surface area contributed by atoms with Gasteiger partial charge in [0.1, 0.15) is 6.04 Å². The summed E-state index contributed by atoms with van der Waals surface area (Å²) in [6, 6.07) is 14.9. The van der Waals surface area contributed by atoms with Crippen molar-refractivity contribution in [1.82, 2.24) is 5.32 Å². The minimum Gasteiger partial charge on any atom is -0.366 e. The van der Waals surface area contributed by atoms with Gasteiger partial charge < -0.3 is 16.4 Å².